The Kier molecular flexibility index (Phi) is 4.22. The largest absolute Gasteiger partial charge is 0.388 e. The highest BCUT2D eigenvalue weighted by molar-refractivity contribution is 5.87. The monoisotopic (exact) mass is 354 g/mol. The van der Waals surface area contributed by atoms with Crippen LogP contribution in [0.5, 0.6) is 0 Å². The van der Waals surface area contributed by atoms with E-state index in [1.54, 1.807) is 17.8 Å². The molecule has 7 heteroatoms. The molecule has 136 valence electrons. The van der Waals surface area contributed by atoms with E-state index in [-0.39, 0.29) is 0 Å². The van der Waals surface area contributed by atoms with Crippen LogP contribution >= 0.6 is 0 Å². The Morgan fingerprint density at radius 2 is 1.92 bits per heavy atom. The van der Waals surface area contributed by atoms with Crippen LogP contribution in [0.25, 0.3) is 22.4 Å². The van der Waals surface area contributed by atoms with Gasteiger partial charge in [-0.3, -0.25) is 4.57 Å². The van der Waals surface area contributed by atoms with Gasteiger partial charge in [-0.1, -0.05) is 32.0 Å². The summed E-state index contributed by atoms with van der Waals surface area (Å²) in [4.78, 5) is 13.2. The molecule has 0 bridgehead atoms. The van der Waals surface area contributed by atoms with Gasteiger partial charge < -0.3 is 14.9 Å². The van der Waals surface area contributed by atoms with Gasteiger partial charge in [0.1, 0.15) is 29.7 Å². The third-order valence-corrected chi connectivity index (χ3v) is 4.94. The Morgan fingerprint density at radius 1 is 1.12 bits per heavy atom. The average Bonchev–Trinajstić information content (AvgIpc) is 3.18. The number of imidazole rings is 1. The van der Waals surface area contributed by atoms with Crippen molar-refractivity contribution in [2.24, 2.45) is 0 Å². The summed E-state index contributed by atoms with van der Waals surface area (Å²) < 4.78 is 7.35. The third kappa shape index (κ3) is 2.68. The molecule has 1 fully saturated rings. The summed E-state index contributed by atoms with van der Waals surface area (Å²) in [7, 11) is 0. The lowest BCUT2D eigenvalue weighted by molar-refractivity contribution is -0.0299. The third-order valence-electron chi connectivity index (χ3n) is 4.94. The van der Waals surface area contributed by atoms with Crippen LogP contribution in [0, 0.1) is 0 Å². The molecule has 0 spiro atoms. The van der Waals surface area contributed by atoms with Crippen LogP contribution in [-0.2, 0) is 4.74 Å². The Bertz CT molecular complexity index is 939. The van der Waals surface area contributed by atoms with Crippen molar-refractivity contribution in [2.45, 2.75) is 51.2 Å². The molecule has 26 heavy (non-hydrogen) atoms. The van der Waals surface area contributed by atoms with Crippen molar-refractivity contribution in [3.8, 4) is 11.3 Å². The highest BCUT2D eigenvalue weighted by Crippen LogP contribution is 2.33. The van der Waals surface area contributed by atoms with E-state index in [0.29, 0.717) is 17.1 Å². The molecule has 0 radical (unpaired) electrons. The van der Waals surface area contributed by atoms with Gasteiger partial charge in [-0.2, -0.15) is 0 Å². The molecule has 4 atom stereocenters. The van der Waals surface area contributed by atoms with Crippen molar-refractivity contribution >= 4 is 11.2 Å². The van der Waals surface area contributed by atoms with E-state index in [1.165, 1.54) is 11.9 Å². The summed E-state index contributed by atoms with van der Waals surface area (Å²) in [6, 6.07) is 8.21. The van der Waals surface area contributed by atoms with Crippen molar-refractivity contribution in [1.82, 2.24) is 19.5 Å². The van der Waals surface area contributed by atoms with Crippen molar-refractivity contribution < 1.29 is 14.9 Å². The van der Waals surface area contributed by atoms with Crippen LogP contribution < -0.4 is 0 Å². The lowest BCUT2D eigenvalue weighted by Crippen LogP contribution is -2.30. The number of benzene rings is 1. The summed E-state index contributed by atoms with van der Waals surface area (Å²) in [6.07, 6.45) is -0.106. The van der Waals surface area contributed by atoms with Gasteiger partial charge in [-0.25, -0.2) is 15.0 Å². The highest BCUT2D eigenvalue weighted by Gasteiger charge is 2.42. The maximum absolute atomic E-state index is 10.3. The summed E-state index contributed by atoms with van der Waals surface area (Å²) >= 11 is 0. The fourth-order valence-corrected chi connectivity index (χ4v) is 3.35. The first kappa shape index (κ1) is 17.1. The number of rotatable bonds is 3. The Hall–Kier alpha value is -2.35. The maximum Gasteiger partial charge on any atom is 0.166 e. The van der Waals surface area contributed by atoms with Crippen LogP contribution in [-0.4, -0.2) is 48.0 Å². The first-order chi connectivity index (χ1) is 12.5. The molecule has 3 heterocycles. The second-order valence-corrected chi connectivity index (χ2v) is 7.04. The SMILES string of the molecule is CC(C)c1cccc(-c2ncnc3c2ncn3[C@@H]2O[C@H](C)[C@@H](O)[C@H]2O)c1. The molecule has 0 aliphatic carbocycles. The second-order valence-electron chi connectivity index (χ2n) is 7.04. The number of aliphatic hydroxyl groups is 2. The fraction of sp³-hybridized carbons (Fsp3) is 0.421. The molecular formula is C19H22N4O3. The molecule has 3 aromatic rings. The number of hydrogen-bond donors (Lipinski definition) is 2. The number of aromatic nitrogens is 4. The molecule has 0 amide bonds. The van der Waals surface area contributed by atoms with Gasteiger partial charge in [0.2, 0.25) is 0 Å². The van der Waals surface area contributed by atoms with Gasteiger partial charge in [0, 0.05) is 5.56 Å². The summed E-state index contributed by atoms with van der Waals surface area (Å²) in [5.74, 6) is 0.412. The molecule has 1 aromatic carbocycles. The summed E-state index contributed by atoms with van der Waals surface area (Å²) in [5, 5.41) is 20.3. The molecule has 1 aliphatic heterocycles. The van der Waals surface area contributed by atoms with Crippen molar-refractivity contribution in [3.63, 3.8) is 0 Å². The topological polar surface area (TPSA) is 93.3 Å². The number of hydrogen-bond acceptors (Lipinski definition) is 6. The van der Waals surface area contributed by atoms with E-state index in [2.05, 4.69) is 40.9 Å². The minimum Gasteiger partial charge on any atom is -0.388 e. The van der Waals surface area contributed by atoms with Crippen molar-refractivity contribution in [2.75, 3.05) is 0 Å². The van der Waals surface area contributed by atoms with Crippen molar-refractivity contribution in [3.05, 3.63) is 42.5 Å². The molecule has 1 aliphatic rings. The smallest absolute Gasteiger partial charge is 0.166 e. The normalized spacial score (nSPS) is 26.1. The molecule has 0 unspecified atom stereocenters. The lowest BCUT2D eigenvalue weighted by Gasteiger charge is -2.16. The van der Waals surface area contributed by atoms with Gasteiger partial charge in [0.05, 0.1) is 12.4 Å². The van der Waals surface area contributed by atoms with E-state index < -0.39 is 24.5 Å². The predicted molar refractivity (Wildman–Crippen MR) is 96.4 cm³/mol. The first-order valence-electron chi connectivity index (χ1n) is 8.77. The number of nitrogens with zero attached hydrogens (tertiary/aromatic N) is 4. The molecule has 2 N–H and O–H groups in total. The predicted octanol–water partition coefficient (Wildman–Crippen LogP) is 2.26. The summed E-state index contributed by atoms with van der Waals surface area (Å²) in [5.41, 5.74) is 4.13. The minimum atomic E-state index is -1.04. The van der Waals surface area contributed by atoms with Gasteiger partial charge in [-0.05, 0) is 24.5 Å². The zero-order valence-corrected chi connectivity index (χ0v) is 14.9. The Morgan fingerprint density at radius 3 is 2.62 bits per heavy atom. The van der Waals surface area contributed by atoms with Gasteiger partial charge >= 0.3 is 0 Å². The molecule has 4 rings (SSSR count). The first-order valence-corrected chi connectivity index (χ1v) is 8.77. The maximum atomic E-state index is 10.3. The van der Waals surface area contributed by atoms with E-state index in [0.717, 1.165) is 11.3 Å². The number of fused-ring (bicyclic) bond motifs is 1. The van der Waals surface area contributed by atoms with E-state index in [4.69, 9.17) is 4.74 Å². The Balaban J connectivity index is 1.80. The zero-order valence-electron chi connectivity index (χ0n) is 14.9. The van der Waals surface area contributed by atoms with Crippen LogP contribution in [0.15, 0.2) is 36.9 Å². The van der Waals surface area contributed by atoms with E-state index in [9.17, 15) is 10.2 Å². The van der Waals surface area contributed by atoms with Crippen LogP contribution in [0.2, 0.25) is 0 Å². The van der Waals surface area contributed by atoms with E-state index >= 15 is 0 Å². The van der Waals surface area contributed by atoms with Crippen molar-refractivity contribution in [1.29, 1.82) is 0 Å². The quantitative estimate of drug-likeness (QED) is 0.749. The fourth-order valence-electron chi connectivity index (χ4n) is 3.35. The van der Waals surface area contributed by atoms with E-state index in [1.807, 2.05) is 12.1 Å². The molecule has 7 nitrogen and oxygen atoms in total. The molecule has 1 saturated heterocycles. The minimum absolute atomic E-state index is 0.412. The van der Waals surface area contributed by atoms with Gasteiger partial charge in [0.25, 0.3) is 0 Å². The standard InChI is InChI=1S/C19H22N4O3/c1-10(2)12-5-4-6-13(7-12)14-15-18(21-8-20-14)23(9-22-15)19-17(25)16(24)11(3)26-19/h4-11,16-17,19,24-25H,1-3H3/t11-,16-,17-,19-/m1/s1. The number of aliphatic hydroxyl groups excluding tert-OH is 2. The second kappa shape index (κ2) is 6.42. The van der Waals surface area contributed by atoms with Crippen LogP contribution in [0.3, 0.4) is 0 Å². The molecule has 2 aromatic heterocycles. The molecule has 0 saturated carbocycles. The average molecular weight is 354 g/mol. The molecular weight excluding hydrogens is 332 g/mol. The van der Waals surface area contributed by atoms with Gasteiger partial charge in [-0.15, -0.1) is 0 Å². The summed E-state index contributed by atoms with van der Waals surface area (Å²) in [6.45, 7) is 6.02. The lowest BCUT2D eigenvalue weighted by atomic mass is 9.99. The number of ether oxygens (including phenoxy) is 1. The van der Waals surface area contributed by atoms with Crippen LogP contribution in [0.1, 0.15) is 38.5 Å². The van der Waals surface area contributed by atoms with Crippen LogP contribution in [0.4, 0.5) is 0 Å². The Labute approximate surface area is 151 Å². The highest BCUT2D eigenvalue weighted by atomic mass is 16.6. The van der Waals surface area contributed by atoms with Gasteiger partial charge in [0.15, 0.2) is 11.9 Å². The zero-order chi connectivity index (χ0) is 18.4.